The Labute approximate surface area is 115 Å². The molecule has 19 heavy (non-hydrogen) atoms. The molecule has 1 aliphatic rings. The first-order valence-electron chi connectivity index (χ1n) is 7.01. The molecule has 1 aromatic rings. The first-order valence-corrected chi connectivity index (χ1v) is 7.01. The molecule has 4 nitrogen and oxygen atoms in total. The van der Waals surface area contributed by atoms with Crippen molar-refractivity contribution in [3.63, 3.8) is 0 Å². The third-order valence-electron chi connectivity index (χ3n) is 3.85. The maximum absolute atomic E-state index is 11.9. The van der Waals surface area contributed by atoms with Gasteiger partial charge in [-0.05, 0) is 38.1 Å². The number of anilines is 1. The normalized spacial score (nSPS) is 15.9. The fraction of sp³-hybridized carbons (Fsp3) is 0.533. The summed E-state index contributed by atoms with van der Waals surface area (Å²) in [6.07, 6.45) is 5.26. The molecule has 0 atom stereocenters. The number of carbonyl (C=O) groups excluding carboxylic acids is 1. The lowest BCUT2D eigenvalue weighted by atomic mass is 10.2. The molecule has 0 aliphatic heterocycles. The van der Waals surface area contributed by atoms with E-state index >= 15 is 0 Å². The van der Waals surface area contributed by atoms with Crippen molar-refractivity contribution in [1.82, 2.24) is 10.2 Å². The average Bonchev–Trinajstić information content (AvgIpc) is 2.92. The van der Waals surface area contributed by atoms with Gasteiger partial charge in [0, 0.05) is 30.4 Å². The second-order valence-electron chi connectivity index (χ2n) is 5.30. The zero-order valence-electron chi connectivity index (χ0n) is 11.6. The molecule has 1 aromatic carbocycles. The van der Waals surface area contributed by atoms with Crippen LogP contribution in [0.4, 0.5) is 5.69 Å². The van der Waals surface area contributed by atoms with Crippen molar-refractivity contribution in [2.75, 3.05) is 25.9 Å². The fourth-order valence-electron chi connectivity index (χ4n) is 2.66. The number of carbonyl (C=O) groups is 1. The van der Waals surface area contributed by atoms with E-state index in [4.69, 9.17) is 5.73 Å². The zero-order valence-corrected chi connectivity index (χ0v) is 11.6. The van der Waals surface area contributed by atoms with Crippen molar-refractivity contribution < 1.29 is 4.79 Å². The molecule has 4 heteroatoms. The highest BCUT2D eigenvalue weighted by Gasteiger charge is 2.19. The van der Waals surface area contributed by atoms with Crippen LogP contribution in [0, 0.1) is 0 Å². The Morgan fingerprint density at radius 2 is 2.16 bits per heavy atom. The van der Waals surface area contributed by atoms with Crippen molar-refractivity contribution >= 4 is 11.6 Å². The van der Waals surface area contributed by atoms with Crippen LogP contribution in [0.3, 0.4) is 0 Å². The molecule has 0 radical (unpaired) electrons. The molecule has 0 heterocycles. The van der Waals surface area contributed by atoms with Gasteiger partial charge in [-0.2, -0.15) is 0 Å². The zero-order chi connectivity index (χ0) is 13.7. The number of likely N-dealkylation sites (N-methyl/N-ethyl adjacent to an activating group) is 1. The average molecular weight is 261 g/mol. The van der Waals surface area contributed by atoms with Crippen molar-refractivity contribution in [3.8, 4) is 0 Å². The molecule has 3 N–H and O–H groups in total. The van der Waals surface area contributed by atoms with Crippen LogP contribution < -0.4 is 11.1 Å². The second kappa shape index (κ2) is 6.57. The summed E-state index contributed by atoms with van der Waals surface area (Å²) in [7, 11) is 2.14. The quantitative estimate of drug-likeness (QED) is 0.796. The van der Waals surface area contributed by atoms with Gasteiger partial charge < -0.3 is 16.0 Å². The van der Waals surface area contributed by atoms with Gasteiger partial charge in [0.15, 0.2) is 0 Å². The maximum atomic E-state index is 11.9. The number of hydrogen-bond donors (Lipinski definition) is 2. The van der Waals surface area contributed by atoms with Crippen molar-refractivity contribution in [1.29, 1.82) is 0 Å². The van der Waals surface area contributed by atoms with Crippen LogP contribution in [0.2, 0.25) is 0 Å². The van der Waals surface area contributed by atoms with E-state index in [9.17, 15) is 4.79 Å². The fourth-order valence-corrected chi connectivity index (χ4v) is 2.66. The Hall–Kier alpha value is -1.55. The number of benzene rings is 1. The molecule has 0 spiro atoms. The molecule has 1 aliphatic carbocycles. The van der Waals surface area contributed by atoms with E-state index in [1.165, 1.54) is 25.7 Å². The highest BCUT2D eigenvalue weighted by atomic mass is 16.1. The van der Waals surface area contributed by atoms with E-state index in [2.05, 4.69) is 17.3 Å². The van der Waals surface area contributed by atoms with E-state index in [0.717, 1.165) is 6.54 Å². The number of nitrogens with zero attached hydrogens (tertiary/aromatic N) is 1. The summed E-state index contributed by atoms with van der Waals surface area (Å²) in [5.41, 5.74) is 6.92. The molecule has 1 saturated carbocycles. The van der Waals surface area contributed by atoms with Gasteiger partial charge in [0.1, 0.15) is 0 Å². The number of hydrogen-bond acceptors (Lipinski definition) is 3. The minimum Gasteiger partial charge on any atom is -0.399 e. The second-order valence-corrected chi connectivity index (χ2v) is 5.30. The number of amides is 1. The van der Waals surface area contributed by atoms with Crippen molar-refractivity contribution in [2.24, 2.45) is 0 Å². The van der Waals surface area contributed by atoms with Crippen LogP contribution in [-0.4, -0.2) is 37.0 Å². The van der Waals surface area contributed by atoms with Crippen LogP contribution in [0.25, 0.3) is 0 Å². The summed E-state index contributed by atoms with van der Waals surface area (Å²) in [4.78, 5) is 14.3. The first kappa shape index (κ1) is 13.9. The van der Waals surface area contributed by atoms with Crippen molar-refractivity contribution in [3.05, 3.63) is 29.8 Å². The molecule has 2 rings (SSSR count). The number of nitrogen functional groups attached to an aromatic ring is 1. The maximum Gasteiger partial charge on any atom is 0.251 e. The first-order chi connectivity index (χ1) is 9.16. The summed E-state index contributed by atoms with van der Waals surface area (Å²) in [5.74, 6) is -0.0490. The molecule has 0 saturated heterocycles. The number of rotatable bonds is 5. The highest BCUT2D eigenvalue weighted by molar-refractivity contribution is 5.94. The van der Waals surface area contributed by atoms with Crippen LogP contribution >= 0.6 is 0 Å². The van der Waals surface area contributed by atoms with E-state index in [1.54, 1.807) is 24.3 Å². The van der Waals surface area contributed by atoms with Gasteiger partial charge in [-0.3, -0.25) is 4.79 Å². The lowest BCUT2D eigenvalue weighted by Crippen LogP contribution is -2.37. The summed E-state index contributed by atoms with van der Waals surface area (Å²) < 4.78 is 0. The molecular weight excluding hydrogens is 238 g/mol. The Morgan fingerprint density at radius 3 is 2.84 bits per heavy atom. The van der Waals surface area contributed by atoms with Gasteiger partial charge in [0.2, 0.25) is 0 Å². The predicted molar refractivity (Wildman–Crippen MR) is 78.1 cm³/mol. The minimum atomic E-state index is -0.0490. The van der Waals surface area contributed by atoms with Gasteiger partial charge in [-0.15, -0.1) is 0 Å². The molecule has 0 aromatic heterocycles. The standard InChI is InChI=1S/C15H23N3O/c1-18(14-7-2-3-8-14)10-9-17-15(19)12-5-4-6-13(16)11-12/h4-6,11,14H,2-3,7-10,16H2,1H3,(H,17,19). The lowest BCUT2D eigenvalue weighted by molar-refractivity contribution is 0.0947. The third-order valence-corrected chi connectivity index (χ3v) is 3.85. The Morgan fingerprint density at radius 1 is 1.42 bits per heavy atom. The predicted octanol–water partition coefficient (Wildman–Crippen LogP) is 1.87. The summed E-state index contributed by atoms with van der Waals surface area (Å²) >= 11 is 0. The van der Waals surface area contributed by atoms with Gasteiger partial charge in [0.05, 0.1) is 0 Å². The largest absolute Gasteiger partial charge is 0.399 e. The summed E-state index contributed by atoms with van der Waals surface area (Å²) in [6.45, 7) is 1.58. The Kier molecular flexibility index (Phi) is 4.80. The molecule has 0 unspecified atom stereocenters. The van der Waals surface area contributed by atoms with Crippen LogP contribution in [0.5, 0.6) is 0 Å². The molecular formula is C15H23N3O. The van der Waals surface area contributed by atoms with Crippen molar-refractivity contribution in [2.45, 2.75) is 31.7 Å². The van der Waals surface area contributed by atoms with Gasteiger partial charge >= 0.3 is 0 Å². The molecule has 104 valence electrons. The van der Waals surface area contributed by atoms with E-state index in [1.807, 2.05) is 0 Å². The smallest absolute Gasteiger partial charge is 0.251 e. The van der Waals surface area contributed by atoms with Gasteiger partial charge in [0.25, 0.3) is 5.91 Å². The summed E-state index contributed by atoms with van der Waals surface area (Å²) in [5, 5.41) is 2.94. The monoisotopic (exact) mass is 261 g/mol. The SMILES string of the molecule is CN(CCNC(=O)c1cccc(N)c1)C1CCCC1. The Balaban J connectivity index is 1.74. The molecule has 1 fully saturated rings. The van der Waals surface area contributed by atoms with Crippen LogP contribution in [0.15, 0.2) is 24.3 Å². The minimum absolute atomic E-state index is 0.0490. The topological polar surface area (TPSA) is 58.4 Å². The van der Waals surface area contributed by atoms with Crippen LogP contribution in [-0.2, 0) is 0 Å². The van der Waals surface area contributed by atoms with E-state index in [-0.39, 0.29) is 5.91 Å². The lowest BCUT2D eigenvalue weighted by Gasteiger charge is -2.23. The molecule has 0 bridgehead atoms. The highest BCUT2D eigenvalue weighted by Crippen LogP contribution is 2.21. The van der Waals surface area contributed by atoms with Gasteiger partial charge in [-0.25, -0.2) is 0 Å². The molecule has 1 amide bonds. The summed E-state index contributed by atoms with van der Waals surface area (Å²) in [6, 6.07) is 7.77. The van der Waals surface area contributed by atoms with Crippen LogP contribution in [0.1, 0.15) is 36.0 Å². The number of nitrogens with one attached hydrogen (secondary N) is 1. The van der Waals surface area contributed by atoms with Gasteiger partial charge in [-0.1, -0.05) is 18.9 Å². The van der Waals surface area contributed by atoms with E-state index < -0.39 is 0 Å². The Bertz CT molecular complexity index is 427. The van der Waals surface area contributed by atoms with E-state index in [0.29, 0.717) is 23.8 Å². The third kappa shape index (κ3) is 3.96. The number of nitrogens with two attached hydrogens (primary N) is 1.